The Labute approximate surface area is 163 Å². The molecule has 2 heterocycles. The summed E-state index contributed by atoms with van der Waals surface area (Å²) in [5.41, 5.74) is 4.31. The predicted octanol–water partition coefficient (Wildman–Crippen LogP) is 4.21. The zero-order valence-corrected chi connectivity index (χ0v) is 16.3. The van der Waals surface area contributed by atoms with Crippen molar-refractivity contribution in [3.63, 3.8) is 0 Å². The molecule has 144 valence electrons. The monoisotopic (exact) mass is 379 g/mol. The first-order valence-corrected chi connectivity index (χ1v) is 9.06. The van der Waals surface area contributed by atoms with Crippen molar-refractivity contribution in [2.45, 2.75) is 6.54 Å². The largest absolute Gasteiger partial charge is 0.496 e. The molecule has 0 amide bonds. The fraction of sp³-hybridized carbons (Fsp3) is 0.273. The molecular weight excluding hydrogens is 358 g/mol. The molecule has 28 heavy (non-hydrogen) atoms. The van der Waals surface area contributed by atoms with Crippen molar-refractivity contribution < 1.29 is 23.7 Å². The van der Waals surface area contributed by atoms with Crippen LogP contribution in [0.5, 0.6) is 28.7 Å². The van der Waals surface area contributed by atoms with E-state index in [9.17, 15) is 0 Å². The second kappa shape index (κ2) is 6.12. The summed E-state index contributed by atoms with van der Waals surface area (Å²) in [4.78, 5) is 2.21. The van der Waals surface area contributed by atoms with Gasteiger partial charge >= 0.3 is 0 Å². The molecule has 0 atom stereocenters. The second-order valence-corrected chi connectivity index (χ2v) is 6.91. The van der Waals surface area contributed by atoms with Gasteiger partial charge in [-0.25, -0.2) is 0 Å². The smallest absolute Gasteiger partial charge is 0.231 e. The molecule has 0 fully saturated rings. The Morgan fingerprint density at radius 3 is 2.36 bits per heavy atom. The lowest BCUT2D eigenvalue weighted by Gasteiger charge is -2.33. The van der Waals surface area contributed by atoms with Crippen LogP contribution < -0.4 is 28.6 Å². The van der Waals surface area contributed by atoms with E-state index in [1.807, 2.05) is 12.1 Å². The van der Waals surface area contributed by atoms with Gasteiger partial charge in [-0.1, -0.05) is 0 Å². The molecule has 0 saturated carbocycles. The number of ether oxygens (including phenoxy) is 5. The standard InChI is InChI=1S/C22H21NO5/c1-23-10-15-13(5-6-16(24-2)22(15)26-4)20-19(25-3)8-12-7-17-18(28-11-27-17)9-14(12)21(20)23/h5-9H,10-11H2,1-4H3. The van der Waals surface area contributed by atoms with E-state index in [1.54, 1.807) is 21.3 Å². The van der Waals surface area contributed by atoms with Gasteiger partial charge in [0.25, 0.3) is 0 Å². The van der Waals surface area contributed by atoms with Crippen LogP contribution >= 0.6 is 0 Å². The Morgan fingerprint density at radius 1 is 0.893 bits per heavy atom. The van der Waals surface area contributed by atoms with Gasteiger partial charge < -0.3 is 28.6 Å². The fourth-order valence-electron chi connectivity index (χ4n) is 4.26. The van der Waals surface area contributed by atoms with E-state index in [1.165, 1.54) is 0 Å². The zero-order chi connectivity index (χ0) is 19.4. The van der Waals surface area contributed by atoms with Crippen molar-refractivity contribution in [1.82, 2.24) is 0 Å². The molecule has 3 aromatic carbocycles. The third-order valence-corrected chi connectivity index (χ3v) is 5.48. The Bertz CT molecular complexity index is 1110. The minimum absolute atomic E-state index is 0.251. The maximum absolute atomic E-state index is 5.80. The van der Waals surface area contributed by atoms with Crippen molar-refractivity contribution in [3.8, 4) is 39.9 Å². The highest BCUT2D eigenvalue weighted by molar-refractivity contribution is 6.07. The van der Waals surface area contributed by atoms with Crippen molar-refractivity contribution in [1.29, 1.82) is 0 Å². The molecule has 2 aliphatic rings. The number of nitrogens with zero attached hydrogens (tertiary/aromatic N) is 1. The van der Waals surface area contributed by atoms with Crippen LogP contribution in [0.1, 0.15) is 5.56 Å². The summed E-state index contributed by atoms with van der Waals surface area (Å²) in [6, 6.07) is 10.1. The van der Waals surface area contributed by atoms with Gasteiger partial charge in [0.2, 0.25) is 6.79 Å². The molecule has 0 N–H and O–H groups in total. The van der Waals surface area contributed by atoms with Crippen LogP contribution in [0.25, 0.3) is 21.9 Å². The summed E-state index contributed by atoms with van der Waals surface area (Å²) in [6.07, 6.45) is 0. The Hall–Kier alpha value is -3.28. The molecule has 5 rings (SSSR count). The number of hydrogen-bond donors (Lipinski definition) is 0. The van der Waals surface area contributed by atoms with Crippen LogP contribution in [-0.4, -0.2) is 35.2 Å². The quantitative estimate of drug-likeness (QED) is 0.679. The second-order valence-electron chi connectivity index (χ2n) is 6.91. The van der Waals surface area contributed by atoms with Crippen LogP contribution in [0.4, 0.5) is 5.69 Å². The van der Waals surface area contributed by atoms with E-state index in [-0.39, 0.29) is 6.79 Å². The third kappa shape index (κ3) is 2.21. The van der Waals surface area contributed by atoms with Gasteiger partial charge in [-0.15, -0.1) is 0 Å². The molecule has 0 saturated heterocycles. The highest BCUT2D eigenvalue weighted by Gasteiger charge is 2.30. The van der Waals surface area contributed by atoms with Crippen LogP contribution in [0.3, 0.4) is 0 Å². The third-order valence-electron chi connectivity index (χ3n) is 5.48. The van der Waals surface area contributed by atoms with E-state index in [0.717, 1.165) is 61.9 Å². The molecule has 0 aliphatic carbocycles. The molecule has 0 unspecified atom stereocenters. The molecule has 0 bridgehead atoms. The van der Waals surface area contributed by atoms with E-state index in [4.69, 9.17) is 23.7 Å². The lowest BCUT2D eigenvalue weighted by molar-refractivity contribution is 0.174. The molecule has 6 heteroatoms. The van der Waals surface area contributed by atoms with E-state index in [2.05, 4.69) is 30.1 Å². The number of benzene rings is 3. The number of fused-ring (bicyclic) bond motifs is 6. The normalized spacial score (nSPS) is 13.9. The Kier molecular flexibility index (Phi) is 3.69. The number of hydrogen-bond acceptors (Lipinski definition) is 6. The van der Waals surface area contributed by atoms with Crippen LogP contribution in [0.15, 0.2) is 30.3 Å². The summed E-state index contributed by atoms with van der Waals surface area (Å²) >= 11 is 0. The summed E-state index contributed by atoms with van der Waals surface area (Å²) in [5, 5.41) is 2.15. The summed E-state index contributed by atoms with van der Waals surface area (Å²) in [5.74, 6) is 3.82. The molecule has 3 aromatic rings. The minimum Gasteiger partial charge on any atom is -0.496 e. The summed E-state index contributed by atoms with van der Waals surface area (Å²) in [6.45, 7) is 0.945. The topological polar surface area (TPSA) is 49.4 Å². The minimum atomic E-state index is 0.251. The lowest BCUT2D eigenvalue weighted by Crippen LogP contribution is -2.23. The van der Waals surface area contributed by atoms with Gasteiger partial charge in [0.05, 0.1) is 27.0 Å². The fourth-order valence-corrected chi connectivity index (χ4v) is 4.26. The highest BCUT2D eigenvalue weighted by Crippen LogP contribution is 2.53. The molecule has 0 radical (unpaired) electrons. The Morgan fingerprint density at radius 2 is 1.64 bits per heavy atom. The van der Waals surface area contributed by atoms with Crippen LogP contribution in [0.2, 0.25) is 0 Å². The van der Waals surface area contributed by atoms with Crippen LogP contribution in [0, 0.1) is 0 Å². The summed E-state index contributed by atoms with van der Waals surface area (Å²) < 4.78 is 28.2. The molecule has 2 aliphatic heterocycles. The lowest BCUT2D eigenvalue weighted by atomic mass is 9.89. The highest BCUT2D eigenvalue weighted by atomic mass is 16.7. The SMILES string of the molecule is COc1ccc2c(c1OC)CN(C)c1c-2c(OC)cc2cc3c(cc12)OCO3. The van der Waals surface area contributed by atoms with Gasteiger partial charge in [-0.3, -0.25) is 0 Å². The summed E-state index contributed by atoms with van der Waals surface area (Å²) in [7, 11) is 7.10. The number of methoxy groups -OCH3 is 3. The first-order chi connectivity index (χ1) is 13.7. The molecule has 0 aromatic heterocycles. The molecule has 6 nitrogen and oxygen atoms in total. The zero-order valence-electron chi connectivity index (χ0n) is 16.3. The maximum atomic E-state index is 5.80. The Balaban J connectivity index is 1.86. The first-order valence-electron chi connectivity index (χ1n) is 9.06. The van der Waals surface area contributed by atoms with Crippen molar-refractivity contribution in [2.75, 3.05) is 40.1 Å². The van der Waals surface area contributed by atoms with Crippen molar-refractivity contribution >= 4 is 16.5 Å². The van der Waals surface area contributed by atoms with Gasteiger partial charge in [-0.2, -0.15) is 0 Å². The molecular formula is C22H21NO5. The van der Waals surface area contributed by atoms with Gasteiger partial charge in [0, 0.05) is 30.1 Å². The maximum Gasteiger partial charge on any atom is 0.231 e. The van der Waals surface area contributed by atoms with E-state index >= 15 is 0 Å². The average molecular weight is 379 g/mol. The first kappa shape index (κ1) is 16.9. The van der Waals surface area contributed by atoms with Gasteiger partial charge in [0.15, 0.2) is 23.0 Å². The van der Waals surface area contributed by atoms with Gasteiger partial charge in [-0.05, 0) is 41.3 Å². The predicted molar refractivity (Wildman–Crippen MR) is 107 cm³/mol. The van der Waals surface area contributed by atoms with Gasteiger partial charge in [0.1, 0.15) is 5.75 Å². The number of anilines is 1. The van der Waals surface area contributed by atoms with Crippen molar-refractivity contribution in [3.05, 3.63) is 35.9 Å². The van der Waals surface area contributed by atoms with Crippen LogP contribution in [-0.2, 0) is 6.54 Å². The van der Waals surface area contributed by atoms with Crippen molar-refractivity contribution in [2.24, 2.45) is 0 Å². The van der Waals surface area contributed by atoms with E-state index < -0.39 is 0 Å². The van der Waals surface area contributed by atoms with E-state index in [0.29, 0.717) is 6.54 Å². The molecule has 0 spiro atoms. The average Bonchev–Trinajstić information content (AvgIpc) is 3.17. The number of rotatable bonds is 3.